The maximum Gasteiger partial charge on any atom is 0.318 e. The second-order valence-corrected chi connectivity index (χ2v) is 9.05. The number of methoxy groups -OCH3 is 2. The fourth-order valence-electron chi connectivity index (χ4n) is 3.57. The number of likely N-dealkylation sites (N-methyl/N-ethyl adjacent to an activating group) is 1. The van der Waals surface area contributed by atoms with Crippen molar-refractivity contribution < 1.29 is 19.1 Å². The Bertz CT molecular complexity index is 1030. The van der Waals surface area contributed by atoms with Crippen molar-refractivity contribution in [3.8, 4) is 11.5 Å². The molecule has 0 unspecified atom stereocenters. The number of carbonyl (C=O) groups is 2. The topological polar surface area (TPSA) is 83.5 Å². The number of nitrogens with one attached hydrogen (secondary N) is 1. The van der Waals surface area contributed by atoms with Crippen LogP contribution in [0.2, 0.25) is 0 Å². The zero-order chi connectivity index (χ0) is 24.2. The van der Waals surface area contributed by atoms with E-state index >= 15 is 0 Å². The third-order valence-corrected chi connectivity index (χ3v) is 5.27. The highest BCUT2D eigenvalue weighted by atomic mass is 16.5. The molecule has 8 nitrogen and oxygen atoms in total. The Morgan fingerprint density at radius 2 is 1.76 bits per heavy atom. The van der Waals surface area contributed by atoms with Gasteiger partial charge in [0.25, 0.3) is 5.91 Å². The van der Waals surface area contributed by atoms with Crippen molar-refractivity contribution >= 4 is 17.6 Å². The number of hydrazone groups is 1. The van der Waals surface area contributed by atoms with Crippen molar-refractivity contribution in [2.45, 2.75) is 38.8 Å². The Hall–Kier alpha value is -3.55. The largest absolute Gasteiger partial charge is 0.497 e. The predicted octanol–water partition coefficient (Wildman–Crippen LogP) is 3.82. The van der Waals surface area contributed by atoms with Gasteiger partial charge in [0.15, 0.2) is 0 Å². The van der Waals surface area contributed by atoms with Crippen molar-refractivity contribution in [3.05, 3.63) is 59.7 Å². The molecule has 0 bridgehead atoms. The molecule has 0 aliphatic carbocycles. The zero-order valence-corrected chi connectivity index (χ0v) is 20.1. The Morgan fingerprint density at radius 1 is 1.09 bits per heavy atom. The lowest BCUT2D eigenvalue weighted by Crippen LogP contribution is -2.49. The van der Waals surface area contributed by atoms with Crippen LogP contribution in [0.5, 0.6) is 11.5 Å². The molecule has 3 rings (SSSR count). The summed E-state index contributed by atoms with van der Waals surface area (Å²) in [5, 5.41) is 9.03. The van der Waals surface area contributed by atoms with Crippen LogP contribution < -0.4 is 14.8 Å². The lowest BCUT2D eigenvalue weighted by Gasteiger charge is -2.28. The van der Waals surface area contributed by atoms with Gasteiger partial charge in [-0.1, -0.05) is 24.3 Å². The van der Waals surface area contributed by atoms with Crippen LogP contribution in [0.1, 0.15) is 44.4 Å². The Labute approximate surface area is 195 Å². The SMILES string of the molecule is COc1ccc([C@H]2CC(c3cccc(OC)c3)=NN2C(=O)CN(C)C(=O)NC(C)(C)C)cc1. The van der Waals surface area contributed by atoms with E-state index in [1.165, 1.54) is 9.91 Å². The van der Waals surface area contributed by atoms with E-state index in [1.54, 1.807) is 21.3 Å². The first-order valence-electron chi connectivity index (χ1n) is 10.8. The van der Waals surface area contributed by atoms with Crippen molar-refractivity contribution in [3.63, 3.8) is 0 Å². The predicted molar refractivity (Wildman–Crippen MR) is 128 cm³/mol. The molecule has 0 fully saturated rings. The Kier molecular flexibility index (Phi) is 7.26. The number of urea groups is 1. The summed E-state index contributed by atoms with van der Waals surface area (Å²) in [6.07, 6.45) is 0.545. The molecule has 3 amide bonds. The maximum absolute atomic E-state index is 13.3. The zero-order valence-electron chi connectivity index (χ0n) is 20.1. The molecular formula is C25H32N4O4. The van der Waals surface area contributed by atoms with Crippen LogP contribution in [-0.4, -0.2) is 60.9 Å². The first-order chi connectivity index (χ1) is 15.6. The van der Waals surface area contributed by atoms with E-state index in [2.05, 4.69) is 10.4 Å². The second-order valence-electron chi connectivity index (χ2n) is 9.05. The van der Waals surface area contributed by atoms with Crippen molar-refractivity contribution in [1.29, 1.82) is 0 Å². The third kappa shape index (κ3) is 6.03. The normalized spacial score (nSPS) is 15.6. The van der Waals surface area contributed by atoms with E-state index in [0.29, 0.717) is 6.42 Å². The molecule has 176 valence electrons. The highest BCUT2D eigenvalue weighted by molar-refractivity contribution is 6.03. The Balaban J connectivity index is 1.87. The van der Waals surface area contributed by atoms with E-state index < -0.39 is 5.54 Å². The van der Waals surface area contributed by atoms with Gasteiger partial charge < -0.3 is 19.7 Å². The molecular weight excluding hydrogens is 420 g/mol. The van der Waals surface area contributed by atoms with Crippen LogP contribution in [0.4, 0.5) is 4.79 Å². The monoisotopic (exact) mass is 452 g/mol. The molecule has 1 heterocycles. The number of hydrogen-bond acceptors (Lipinski definition) is 5. The van der Waals surface area contributed by atoms with Crippen molar-refractivity contribution in [2.24, 2.45) is 5.10 Å². The molecule has 2 aromatic carbocycles. The van der Waals surface area contributed by atoms with Gasteiger partial charge >= 0.3 is 6.03 Å². The summed E-state index contributed by atoms with van der Waals surface area (Å²) in [7, 11) is 4.83. The summed E-state index contributed by atoms with van der Waals surface area (Å²) < 4.78 is 10.6. The van der Waals surface area contributed by atoms with Crippen LogP contribution in [0.25, 0.3) is 0 Å². The van der Waals surface area contributed by atoms with Gasteiger partial charge in [-0.05, 0) is 50.6 Å². The van der Waals surface area contributed by atoms with Crippen LogP contribution in [0.3, 0.4) is 0 Å². The van der Waals surface area contributed by atoms with Gasteiger partial charge in [-0.2, -0.15) is 5.10 Å². The van der Waals surface area contributed by atoms with Crippen molar-refractivity contribution in [2.75, 3.05) is 27.8 Å². The molecule has 2 aromatic rings. The molecule has 33 heavy (non-hydrogen) atoms. The van der Waals surface area contributed by atoms with E-state index in [1.807, 2.05) is 69.3 Å². The average molecular weight is 453 g/mol. The summed E-state index contributed by atoms with van der Waals surface area (Å²) in [5.74, 6) is 1.20. The Morgan fingerprint density at radius 3 is 2.36 bits per heavy atom. The van der Waals surface area contributed by atoms with Crippen LogP contribution in [0.15, 0.2) is 53.6 Å². The molecule has 0 spiro atoms. The average Bonchev–Trinajstić information content (AvgIpc) is 3.23. The van der Waals surface area contributed by atoms with E-state index in [9.17, 15) is 9.59 Å². The number of hydrogen-bond donors (Lipinski definition) is 1. The van der Waals surface area contributed by atoms with Crippen LogP contribution in [-0.2, 0) is 4.79 Å². The van der Waals surface area contributed by atoms with Gasteiger partial charge in [0, 0.05) is 24.6 Å². The molecule has 0 saturated carbocycles. The maximum atomic E-state index is 13.3. The second kappa shape index (κ2) is 9.94. The van der Waals surface area contributed by atoms with Crippen molar-refractivity contribution in [1.82, 2.24) is 15.2 Å². The number of carbonyl (C=O) groups excluding carboxylic acids is 2. The highest BCUT2D eigenvalue weighted by Gasteiger charge is 2.34. The summed E-state index contributed by atoms with van der Waals surface area (Å²) >= 11 is 0. The first-order valence-corrected chi connectivity index (χ1v) is 10.8. The van der Waals surface area contributed by atoms with Gasteiger partial charge in [-0.25, -0.2) is 9.80 Å². The van der Waals surface area contributed by atoms with Gasteiger partial charge in [0.05, 0.1) is 26.0 Å². The number of ether oxygens (including phenoxy) is 2. The fourth-order valence-corrected chi connectivity index (χ4v) is 3.57. The number of benzene rings is 2. The molecule has 1 aliphatic rings. The fraction of sp³-hybridized carbons (Fsp3) is 0.400. The molecule has 1 atom stereocenters. The highest BCUT2D eigenvalue weighted by Crippen LogP contribution is 2.34. The quantitative estimate of drug-likeness (QED) is 0.722. The van der Waals surface area contributed by atoms with E-state index in [-0.39, 0.29) is 24.5 Å². The number of amides is 3. The van der Waals surface area contributed by atoms with Crippen LogP contribution in [0, 0.1) is 0 Å². The van der Waals surface area contributed by atoms with Gasteiger partial charge in [-0.3, -0.25) is 4.79 Å². The molecule has 0 radical (unpaired) electrons. The number of rotatable bonds is 6. The summed E-state index contributed by atoms with van der Waals surface area (Å²) in [6.45, 7) is 5.59. The number of nitrogens with zero attached hydrogens (tertiary/aromatic N) is 3. The molecule has 8 heteroatoms. The summed E-state index contributed by atoms with van der Waals surface area (Å²) in [4.78, 5) is 27.1. The summed E-state index contributed by atoms with van der Waals surface area (Å²) in [5.41, 5.74) is 2.21. The van der Waals surface area contributed by atoms with Gasteiger partial charge in [0.2, 0.25) is 0 Å². The standard InChI is InChI=1S/C25H32N4O4/c1-25(2,3)26-24(31)28(4)16-23(30)29-22(17-10-12-19(32-5)13-11-17)15-21(27-29)18-8-7-9-20(14-18)33-6/h7-14,22H,15-16H2,1-6H3,(H,26,31)/t22-/m1/s1. The molecule has 0 saturated heterocycles. The minimum atomic E-state index is -0.397. The first kappa shape index (κ1) is 24.1. The molecule has 1 N–H and O–H groups in total. The lowest BCUT2D eigenvalue weighted by atomic mass is 9.98. The smallest absolute Gasteiger partial charge is 0.318 e. The summed E-state index contributed by atoms with van der Waals surface area (Å²) in [6, 6.07) is 14.6. The molecule has 0 aromatic heterocycles. The van der Waals surface area contributed by atoms with E-state index in [0.717, 1.165) is 28.3 Å². The van der Waals surface area contributed by atoms with Crippen LogP contribution >= 0.6 is 0 Å². The lowest BCUT2D eigenvalue weighted by molar-refractivity contribution is -0.133. The molecule has 1 aliphatic heterocycles. The van der Waals surface area contributed by atoms with Gasteiger partial charge in [0.1, 0.15) is 18.0 Å². The third-order valence-electron chi connectivity index (χ3n) is 5.27. The van der Waals surface area contributed by atoms with E-state index in [4.69, 9.17) is 9.47 Å². The minimum absolute atomic E-state index is 0.0938. The minimum Gasteiger partial charge on any atom is -0.497 e. The van der Waals surface area contributed by atoms with Gasteiger partial charge in [-0.15, -0.1) is 0 Å².